The second-order valence-corrected chi connectivity index (χ2v) is 5.78. The number of oxime groups is 2. The van der Waals surface area contributed by atoms with Gasteiger partial charge in [-0.1, -0.05) is 40.7 Å². The predicted octanol–water partition coefficient (Wildman–Crippen LogP) is 4.09. The van der Waals surface area contributed by atoms with Crippen LogP contribution in [0.4, 0.5) is 8.78 Å². The Balaban J connectivity index is 2.11. The van der Waals surface area contributed by atoms with Gasteiger partial charge in [0.25, 0.3) is 0 Å². The predicted molar refractivity (Wildman–Crippen MR) is 105 cm³/mol. The number of carbonyl (C=O) groups excluding carboxylic acids is 1. The maximum absolute atomic E-state index is 13.6. The maximum atomic E-state index is 13.6. The molecule has 0 aliphatic heterocycles. The molecule has 0 aliphatic carbocycles. The van der Waals surface area contributed by atoms with E-state index in [2.05, 4.69) is 10.3 Å². The molecular weight excluding hydrogens is 382 g/mol. The quantitative estimate of drug-likeness (QED) is 0.379. The van der Waals surface area contributed by atoms with Crippen LogP contribution in [0.1, 0.15) is 23.6 Å². The van der Waals surface area contributed by atoms with Crippen molar-refractivity contribution < 1.29 is 28.0 Å². The van der Waals surface area contributed by atoms with E-state index in [1.54, 1.807) is 31.2 Å². The van der Waals surface area contributed by atoms with E-state index in [4.69, 9.17) is 14.4 Å². The molecule has 0 amide bonds. The van der Waals surface area contributed by atoms with Crippen molar-refractivity contribution in [2.75, 3.05) is 14.2 Å². The minimum atomic E-state index is -0.670. The molecule has 2 aromatic carbocycles. The van der Waals surface area contributed by atoms with Crippen LogP contribution in [0.3, 0.4) is 0 Å². The van der Waals surface area contributed by atoms with E-state index in [9.17, 15) is 13.6 Å². The van der Waals surface area contributed by atoms with Crippen LogP contribution in [-0.2, 0) is 25.8 Å². The Morgan fingerprint density at radius 1 is 1.10 bits per heavy atom. The van der Waals surface area contributed by atoms with Gasteiger partial charge in [-0.2, -0.15) is 0 Å². The van der Waals surface area contributed by atoms with Crippen molar-refractivity contribution in [3.8, 4) is 0 Å². The van der Waals surface area contributed by atoms with Gasteiger partial charge in [0, 0.05) is 22.8 Å². The molecule has 0 unspecified atom stereocenters. The second kappa shape index (κ2) is 10.7. The summed E-state index contributed by atoms with van der Waals surface area (Å²) in [5.41, 5.74) is 1.81. The third-order valence-corrected chi connectivity index (χ3v) is 3.73. The van der Waals surface area contributed by atoms with E-state index in [1.807, 2.05) is 0 Å². The third-order valence-electron chi connectivity index (χ3n) is 3.73. The molecule has 0 heterocycles. The van der Waals surface area contributed by atoms with Gasteiger partial charge in [0.1, 0.15) is 25.4 Å². The molecule has 0 saturated carbocycles. The molecule has 0 radical (unpaired) electrons. The summed E-state index contributed by atoms with van der Waals surface area (Å²) in [6.07, 6.45) is 3.00. The molecule has 0 bridgehead atoms. The highest BCUT2D eigenvalue weighted by molar-refractivity contribution is 6.43. The number of halogens is 2. The molecule has 0 atom stereocenters. The summed E-state index contributed by atoms with van der Waals surface area (Å²) < 4.78 is 31.3. The van der Waals surface area contributed by atoms with Gasteiger partial charge in [0.15, 0.2) is 5.71 Å². The molecule has 8 heteroatoms. The lowest BCUT2D eigenvalue weighted by Crippen LogP contribution is -2.19. The standard InChI is InChI=1S/C21H20F2N2O4/c1-14(8-9-15-10-11-17(22)12-19(15)23)24-29-13-16-6-4-5-7-18(16)20(25-28-3)21(26)27-2/h4-12H,13H2,1-3H3/b9-8+,24-14+,25-20-. The molecule has 2 aromatic rings. The van der Waals surface area contributed by atoms with Gasteiger partial charge in [-0.3, -0.25) is 0 Å². The highest BCUT2D eigenvalue weighted by atomic mass is 19.1. The molecular formula is C21H20F2N2O4. The van der Waals surface area contributed by atoms with Crippen LogP contribution in [0, 0.1) is 11.6 Å². The van der Waals surface area contributed by atoms with Crippen molar-refractivity contribution in [2.24, 2.45) is 10.3 Å². The van der Waals surface area contributed by atoms with E-state index in [-0.39, 0.29) is 17.9 Å². The number of hydrogen-bond acceptors (Lipinski definition) is 6. The maximum Gasteiger partial charge on any atom is 0.360 e. The van der Waals surface area contributed by atoms with Crippen LogP contribution >= 0.6 is 0 Å². The lowest BCUT2D eigenvalue weighted by Gasteiger charge is -2.09. The molecule has 0 fully saturated rings. The fourth-order valence-electron chi connectivity index (χ4n) is 2.34. The molecule has 2 rings (SSSR count). The Morgan fingerprint density at radius 3 is 2.55 bits per heavy atom. The fraction of sp³-hybridized carbons (Fsp3) is 0.190. The van der Waals surface area contributed by atoms with Crippen LogP contribution < -0.4 is 0 Å². The average Bonchev–Trinajstić information content (AvgIpc) is 2.71. The Kier molecular flexibility index (Phi) is 8.02. The van der Waals surface area contributed by atoms with Crippen molar-refractivity contribution in [2.45, 2.75) is 13.5 Å². The normalized spacial score (nSPS) is 12.2. The lowest BCUT2D eigenvalue weighted by molar-refractivity contribution is -0.132. The first-order valence-corrected chi connectivity index (χ1v) is 8.53. The van der Waals surface area contributed by atoms with Crippen LogP contribution in [0.25, 0.3) is 6.08 Å². The first-order valence-electron chi connectivity index (χ1n) is 8.53. The smallest absolute Gasteiger partial charge is 0.360 e. The minimum absolute atomic E-state index is 0.00147. The molecule has 0 aliphatic rings. The van der Waals surface area contributed by atoms with Gasteiger partial charge in [-0.25, -0.2) is 13.6 Å². The van der Waals surface area contributed by atoms with E-state index < -0.39 is 17.6 Å². The number of methoxy groups -OCH3 is 1. The zero-order chi connectivity index (χ0) is 21.2. The second-order valence-electron chi connectivity index (χ2n) is 5.78. The van der Waals surface area contributed by atoms with Crippen molar-refractivity contribution in [1.29, 1.82) is 0 Å². The summed E-state index contributed by atoms with van der Waals surface area (Å²) in [4.78, 5) is 22.0. The van der Waals surface area contributed by atoms with Gasteiger partial charge < -0.3 is 14.4 Å². The SMILES string of the molecule is CO/N=C(\C(=O)OC)c1ccccc1CO/N=C(C)/C=C/c1ccc(F)cc1F. The van der Waals surface area contributed by atoms with Gasteiger partial charge >= 0.3 is 5.97 Å². The van der Waals surface area contributed by atoms with E-state index in [1.165, 1.54) is 38.5 Å². The lowest BCUT2D eigenvalue weighted by atomic mass is 10.0. The van der Waals surface area contributed by atoms with E-state index in [0.717, 1.165) is 6.07 Å². The topological polar surface area (TPSA) is 69.5 Å². The van der Waals surface area contributed by atoms with E-state index in [0.29, 0.717) is 16.8 Å². The van der Waals surface area contributed by atoms with Crippen LogP contribution in [0.2, 0.25) is 0 Å². The summed E-state index contributed by atoms with van der Waals surface area (Å²) in [7, 11) is 2.57. The number of hydrogen-bond donors (Lipinski definition) is 0. The first kappa shape index (κ1) is 21.7. The van der Waals surface area contributed by atoms with Crippen LogP contribution in [-0.4, -0.2) is 31.6 Å². The Hall–Kier alpha value is -3.55. The zero-order valence-corrected chi connectivity index (χ0v) is 16.2. The number of allylic oxidation sites excluding steroid dienone is 1. The summed E-state index contributed by atoms with van der Waals surface area (Å²) in [5, 5.41) is 7.66. The molecule has 152 valence electrons. The monoisotopic (exact) mass is 402 g/mol. The number of nitrogens with zero attached hydrogens (tertiary/aromatic N) is 2. The largest absolute Gasteiger partial charge is 0.464 e. The summed E-state index contributed by atoms with van der Waals surface area (Å²) >= 11 is 0. The Labute approximate surface area is 167 Å². The highest BCUT2D eigenvalue weighted by Gasteiger charge is 2.19. The number of ether oxygens (including phenoxy) is 1. The van der Waals surface area contributed by atoms with Crippen LogP contribution in [0.5, 0.6) is 0 Å². The molecule has 0 aromatic heterocycles. The van der Waals surface area contributed by atoms with Crippen molar-refractivity contribution in [3.63, 3.8) is 0 Å². The third kappa shape index (κ3) is 6.24. The number of benzene rings is 2. The highest BCUT2D eigenvalue weighted by Crippen LogP contribution is 2.14. The molecule has 0 saturated heterocycles. The first-order chi connectivity index (χ1) is 14.0. The number of esters is 1. The van der Waals surface area contributed by atoms with Gasteiger partial charge in [0.05, 0.1) is 12.8 Å². The zero-order valence-electron chi connectivity index (χ0n) is 16.2. The minimum Gasteiger partial charge on any atom is -0.464 e. The Morgan fingerprint density at radius 2 is 1.86 bits per heavy atom. The summed E-state index contributed by atoms with van der Waals surface area (Å²) in [6.45, 7) is 1.71. The van der Waals surface area contributed by atoms with Crippen molar-refractivity contribution >= 4 is 23.5 Å². The van der Waals surface area contributed by atoms with Crippen LogP contribution in [0.15, 0.2) is 58.9 Å². The van der Waals surface area contributed by atoms with Gasteiger partial charge in [0.2, 0.25) is 0 Å². The van der Waals surface area contributed by atoms with Crippen molar-refractivity contribution in [3.05, 3.63) is 76.9 Å². The fourth-order valence-corrected chi connectivity index (χ4v) is 2.34. The molecule has 29 heavy (non-hydrogen) atoms. The van der Waals surface area contributed by atoms with Gasteiger partial charge in [-0.15, -0.1) is 0 Å². The van der Waals surface area contributed by atoms with E-state index >= 15 is 0 Å². The number of carbonyl (C=O) groups is 1. The average molecular weight is 402 g/mol. The molecule has 0 spiro atoms. The summed E-state index contributed by atoms with van der Waals surface area (Å²) in [6, 6.07) is 10.2. The van der Waals surface area contributed by atoms with Crippen molar-refractivity contribution in [1.82, 2.24) is 0 Å². The summed E-state index contributed by atoms with van der Waals surface area (Å²) in [5.74, 6) is -1.96. The van der Waals surface area contributed by atoms with Gasteiger partial charge in [-0.05, 0) is 25.1 Å². The molecule has 6 nitrogen and oxygen atoms in total. The number of rotatable bonds is 8. The Bertz CT molecular complexity index is 955. The molecule has 0 N–H and O–H groups in total.